The van der Waals surface area contributed by atoms with Gasteiger partial charge < -0.3 is 15.2 Å². The summed E-state index contributed by atoms with van der Waals surface area (Å²) in [5.41, 5.74) is 0.805. The lowest BCUT2D eigenvalue weighted by Gasteiger charge is -2.14. The van der Waals surface area contributed by atoms with Crippen LogP contribution in [-0.4, -0.2) is 41.1 Å². The van der Waals surface area contributed by atoms with Gasteiger partial charge in [0.2, 0.25) is 0 Å². The van der Waals surface area contributed by atoms with Gasteiger partial charge in [-0.3, -0.25) is 14.6 Å². The van der Waals surface area contributed by atoms with E-state index in [0.29, 0.717) is 5.56 Å². The summed E-state index contributed by atoms with van der Waals surface area (Å²) >= 11 is 0. The highest BCUT2D eigenvalue weighted by Crippen LogP contribution is 2.05. The van der Waals surface area contributed by atoms with E-state index in [4.69, 9.17) is 5.11 Å². The first-order valence-electron chi connectivity index (χ1n) is 5.97. The average molecular weight is 280 g/mol. The highest BCUT2D eigenvalue weighted by Gasteiger charge is 2.23. The maximum absolute atomic E-state index is 11.9. The van der Waals surface area contributed by atoms with Gasteiger partial charge in [0, 0.05) is 12.6 Å². The van der Waals surface area contributed by atoms with Gasteiger partial charge in [0.05, 0.1) is 7.11 Å². The van der Waals surface area contributed by atoms with Crippen molar-refractivity contribution in [3.8, 4) is 0 Å². The fourth-order valence-electron chi connectivity index (χ4n) is 1.57. The van der Waals surface area contributed by atoms with Crippen LogP contribution in [0.1, 0.15) is 28.9 Å². The summed E-state index contributed by atoms with van der Waals surface area (Å²) in [7, 11) is 1.22. The van der Waals surface area contributed by atoms with Gasteiger partial charge in [0.25, 0.3) is 5.91 Å². The average Bonchev–Trinajstić information content (AvgIpc) is 2.42. The first kappa shape index (κ1) is 15.6. The van der Waals surface area contributed by atoms with Gasteiger partial charge in [0.1, 0.15) is 11.7 Å². The third kappa shape index (κ3) is 4.34. The first-order chi connectivity index (χ1) is 9.45. The van der Waals surface area contributed by atoms with Gasteiger partial charge in [-0.1, -0.05) is 6.07 Å². The van der Waals surface area contributed by atoms with E-state index in [9.17, 15) is 14.4 Å². The Morgan fingerprint density at radius 1 is 1.45 bits per heavy atom. The van der Waals surface area contributed by atoms with Crippen molar-refractivity contribution in [2.45, 2.75) is 25.8 Å². The van der Waals surface area contributed by atoms with Gasteiger partial charge >= 0.3 is 11.9 Å². The van der Waals surface area contributed by atoms with Crippen molar-refractivity contribution in [2.75, 3.05) is 7.11 Å². The Hall–Kier alpha value is -2.44. The van der Waals surface area contributed by atoms with Crippen molar-refractivity contribution in [1.82, 2.24) is 10.3 Å². The van der Waals surface area contributed by atoms with Crippen LogP contribution < -0.4 is 5.32 Å². The minimum atomic E-state index is -1.21. The lowest BCUT2D eigenvalue weighted by Crippen LogP contribution is -2.41. The number of ether oxygens (including phenoxy) is 1. The van der Waals surface area contributed by atoms with E-state index in [1.807, 2.05) is 0 Å². The van der Waals surface area contributed by atoms with Crippen molar-refractivity contribution in [1.29, 1.82) is 0 Å². The number of aromatic nitrogens is 1. The van der Waals surface area contributed by atoms with Crippen LogP contribution in [-0.2, 0) is 14.3 Å². The number of amides is 1. The Labute approximate surface area is 116 Å². The number of rotatable bonds is 6. The summed E-state index contributed by atoms with van der Waals surface area (Å²) in [6, 6.07) is 2.22. The molecule has 1 atom stereocenters. The predicted octanol–water partition coefficient (Wildman–Crippen LogP) is 0.526. The number of carboxylic acids is 1. The molecule has 2 N–H and O–H groups in total. The number of hydrogen-bond acceptors (Lipinski definition) is 5. The van der Waals surface area contributed by atoms with Gasteiger partial charge in [-0.2, -0.15) is 0 Å². The molecule has 0 bridgehead atoms. The molecule has 0 fully saturated rings. The Morgan fingerprint density at radius 3 is 2.70 bits per heavy atom. The molecule has 0 aliphatic carbocycles. The summed E-state index contributed by atoms with van der Waals surface area (Å²) in [6.07, 6.45) is 1.32. The van der Waals surface area contributed by atoms with Crippen molar-refractivity contribution < 1.29 is 24.2 Å². The zero-order valence-corrected chi connectivity index (χ0v) is 11.3. The molecule has 0 aromatic carbocycles. The molecule has 1 heterocycles. The molecule has 1 aromatic heterocycles. The van der Waals surface area contributed by atoms with Crippen LogP contribution in [0.2, 0.25) is 0 Å². The van der Waals surface area contributed by atoms with Crippen molar-refractivity contribution in [2.24, 2.45) is 0 Å². The Kier molecular flexibility index (Phi) is 5.64. The molecule has 0 aliphatic heterocycles. The maximum Gasteiger partial charge on any atom is 0.326 e. The molecule has 7 heteroatoms. The SMILES string of the molecule is COC(=O)CC[C@H](NC(=O)c1ncccc1C)C(=O)O. The highest BCUT2D eigenvalue weighted by molar-refractivity contribution is 5.96. The van der Waals surface area contributed by atoms with Crippen molar-refractivity contribution >= 4 is 17.8 Å². The molecule has 1 aromatic rings. The van der Waals surface area contributed by atoms with Crippen molar-refractivity contribution in [3.63, 3.8) is 0 Å². The number of carbonyl (C=O) groups excluding carboxylic acids is 2. The summed E-state index contributed by atoms with van der Waals surface area (Å²) in [4.78, 5) is 37.9. The number of hydrogen-bond donors (Lipinski definition) is 2. The van der Waals surface area contributed by atoms with E-state index < -0.39 is 23.9 Å². The number of esters is 1. The molecular weight excluding hydrogens is 264 g/mol. The normalized spacial score (nSPS) is 11.5. The number of carbonyl (C=O) groups is 3. The molecule has 0 saturated heterocycles. The second-order valence-electron chi connectivity index (χ2n) is 4.15. The molecule has 108 valence electrons. The number of nitrogens with one attached hydrogen (secondary N) is 1. The number of carboxylic acid groups (broad SMARTS) is 1. The number of aryl methyl sites for hydroxylation is 1. The Bertz CT molecular complexity index is 515. The number of aliphatic carboxylic acids is 1. The molecule has 0 radical (unpaired) electrons. The van der Waals surface area contributed by atoms with Gasteiger partial charge in [0.15, 0.2) is 0 Å². The predicted molar refractivity (Wildman–Crippen MR) is 69.1 cm³/mol. The molecule has 1 rings (SSSR count). The van der Waals surface area contributed by atoms with Crippen LogP contribution in [0.25, 0.3) is 0 Å². The lowest BCUT2D eigenvalue weighted by atomic mass is 10.1. The van der Waals surface area contributed by atoms with Gasteiger partial charge in [-0.05, 0) is 25.0 Å². The summed E-state index contributed by atoms with van der Waals surface area (Å²) in [6.45, 7) is 1.70. The van der Waals surface area contributed by atoms with E-state index >= 15 is 0 Å². The van der Waals surface area contributed by atoms with E-state index in [1.165, 1.54) is 13.3 Å². The summed E-state index contributed by atoms with van der Waals surface area (Å²) < 4.78 is 4.43. The summed E-state index contributed by atoms with van der Waals surface area (Å²) in [5, 5.41) is 11.4. The minimum Gasteiger partial charge on any atom is -0.480 e. The molecule has 0 aliphatic rings. The zero-order valence-electron chi connectivity index (χ0n) is 11.3. The molecule has 7 nitrogen and oxygen atoms in total. The van der Waals surface area contributed by atoms with Crippen LogP contribution in [0.4, 0.5) is 0 Å². The first-order valence-corrected chi connectivity index (χ1v) is 5.97. The Balaban J connectivity index is 2.71. The lowest BCUT2D eigenvalue weighted by molar-refractivity contribution is -0.142. The van der Waals surface area contributed by atoms with Crippen LogP contribution in [0.3, 0.4) is 0 Å². The second-order valence-corrected chi connectivity index (χ2v) is 4.15. The number of nitrogens with zero attached hydrogens (tertiary/aromatic N) is 1. The monoisotopic (exact) mass is 280 g/mol. The maximum atomic E-state index is 11.9. The molecule has 20 heavy (non-hydrogen) atoms. The smallest absolute Gasteiger partial charge is 0.326 e. The number of methoxy groups -OCH3 is 1. The molecule has 0 saturated carbocycles. The fourth-order valence-corrected chi connectivity index (χ4v) is 1.57. The molecule has 1 amide bonds. The largest absolute Gasteiger partial charge is 0.480 e. The highest BCUT2D eigenvalue weighted by atomic mass is 16.5. The van der Waals surface area contributed by atoms with E-state index in [-0.39, 0.29) is 18.5 Å². The van der Waals surface area contributed by atoms with Crippen LogP contribution >= 0.6 is 0 Å². The third-order valence-electron chi connectivity index (χ3n) is 2.69. The molecular formula is C13H16N2O5. The van der Waals surface area contributed by atoms with E-state index in [0.717, 1.165) is 0 Å². The van der Waals surface area contributed by atoms with E-state index in [1.54, 1.807) is 19.1 Å². The standard InChI is InChI=1S/C13H16N2O5/c1-8-4-3-7-14-11(8)12(17)15-9(13(18)19)5-6-10(16)20-2/h3-4,7,9H,5-6H2,1-2H3,(H,15,17)(H,18,19)/t9-/m0/s1. The quantitative estimate of drug-likeness (QED) is 0.736. The summed E-state index contributed by atoms with van der Waals surface area (Å²) in [5.74, 6) is -2.32. The van der Waals surface area contributed by atoms with Crippen molar-refractivity contribution in [3.05, 3.63) is 29.6 Å². The van der Waals surface area contributed by atoms with Crippen LogP contribution in [0.15, 0.2) is 18.3 Å². The number of pyridine rings is 1. The van der Waals surface area contributed by atoms with Gasteiger partial charge in [-0.15, -0.1) is 0 Å². The van der Waals surface area contributed by atoms with Crippen LogP contribution in [0, 0.1) is 6.92 Å². The zero-order chi connectivity index (χ0) is 15.1. The van der Waals surface area contributed by atoms with Crippen LogP contribution in [0.5, 0.6) is 0 Å². The molecule has 0 spiro atoms. The topological polar surface area (TPSA) is 106 Å². The fraction of sp³-hybridized carbons (Fsp3) is 0.385. The second kappa shape index (κ2) is 7.22. The van der Waals surface area contributed by atoms with Gasteiger partial charge in [-0.25, -0.2) is 4.79 Å². The van der Waals surface area contributed by atoms with E-state index in [2.05, 4.69) is 15.0 Å². The minimum absolute atomic E-state index is 0.0420. The third-order valence-corrected chi connectivity index (χ3v) is 2.69. The molecule has 0 unspecified atom stereocenters. The Morgan fingerprint density at radius 2 is 2.15 bits per heavy atom.